The summed E-state index contributed by atoms with van der Waals surface area (Å²) in [6.45, 7) is 0. The molecule has 16 heavy (non-hydrogen) atoms. The molecule has 0 aliphatic rings. The first kappa shape index (κ1) is 12.4. The van der Waals surface area contributed by atoms with Gasteiger partial charge in [0.1, 0.15) is 0 Å². The van der Waals surface area contributed by atoms with E-state index in [1.54, 1.807) is 6.19 Å². The van der Waals surface area contributed by atoms with Crippen LogP contribution in [0.25, 0.3) is 0 Å². The maximum Gasteiger partial charge on any atom is 0.238 e. The van der Waals surface area contributed by atoms with E-state index in [2.05, 4.69) is 10.6 Å². The topological polar surface area (TPSA) is 108 Å². The number of benzene rings is 1. The summed E-state index contributed by atoms with van der Waals surface area (Å²) in [6.07, 6.45) is 1.65. The molecule has 0 radical (unpaired) electrons. The monoisotopic (exact) mass is 256 g/mol. The van der Waals surface area contributed by atoms with Crippen LogP contribution in [-0.2, 0) is 10.0 Å². The number of rotatable bonds is 2. The molecule has 0 amide bonds. The van der Waals surface area contributed by atoms with Gasteiger partial charge in [0.05, 0.1) is 4.90 Å². The maximum atomic E-state index is 10.9. The van der Waals surface area contributed by atoms with Gasteiger partial charge in [-0.05, 0) is 36.5 Å². The van der Waals surface area contributed by atoms with Crippen LogP contribution in [0, 0.1) is 11.5 Å². The van der Waals surface area contributed by atoms with E-state index in [4.69, 9.17) is 22.6 Å². The highest BCUT2D eigenvalue weighted by Crippen LogP contribution is 2.12. The predicted molar refractivity (Wildman–Crippen MR) is 62.8 cm³/mol. The number of hydrogen-bond acceptors (Lipinski definition) is 4. The highest BCUT2D eigenvalue weighted by atomic mass is 32.2. The third kappa shape index (κ3) is 3.47. The average molecular weight is 256 g/mol. The molecule has 1 aromatic rings. The highest BCUT2D eigenvalue weighted by Gasteiger charge is 2.06. The van der Waals surface area contributed by atoms with Gasteiger partial charge in [0.15, 0.2) is 11.3 Å². The Bertz CT molecular complexity index is 530. The van der Waals surface area contributed by atoms with Gasteiger partial charge in [-0.3, -0.25) is 5.32 Å². The molecule has 0 saturated heterocycles. The molecule has 0 atom stereocenters. The maximum absolute atomic E-state index is 10.9. The number of primary sulfonamides is 1. The second-order valence-electron chi connectivity index (χ2n) is 2.76. The van der Waals surface area contributed by atoms with E-state index in [1.165, 1.54) is 24.3 Å². The lowest BCUT2D eigenvalue weighted by Crippen LogP contribution is -2.23. The zero-order chi connectivity index (χ0) is 12.2. The number of nitrogens with zero attached hydrogens (tertiary/aromatic N) is 1. The van der Waals surface area contributed by atoms with E-state index in [0.717, 1.165) is 0 Å². The van der Waals surface area contributed by atoms with Crippen molar-refractivity contribution >= 4 is 33.0 Å². The molecule has 1 aromatic carbocycles. The summed E-state index contributed by atoms with van der Waals surface area (Å²) in [4.78, 5) is 0.0113. The molecule has 0 saturated carbocycles. The third-order valence-corrected chi connectivity index (χ3v) is 2.74. The fraction of sp³-hybridized carbons (Fsp3) is 0. The molecule has 0 heterocycles. The summed E-state index contributed by atoms with van der Waals surface area (Å²) >= 11 is 4.75. The first-order valence-electron chi connectivity index (χ1n) is 4.02. The number of hydrogen-bond donors (Lipinski definition) is 3. The van der Waals surface area contributed by atoms with Crippen molar-refractivity contribution in [2.45, 2.75) is 4.90 Å². The molecule has 0 bridgehead atoms. The van der Waals surface area contributed by atoms with Gasteiger partial charge in [0, 0.05) is 5.69 Å². The molecule has 0 aromatic heterocycles. The summed E-state index contributed by atoms with van der Waals surface area (Å²) in [5.41, 5.74) is 0.556. The first-order chi connectivity index (χ1) is 7.43. The summed E-state index contributed by atoms with van der Waals surface area (Å²) in [7, 11) is -3.69. The van der Waals surface area contributed by atoms with Crippen LogP contribution in [0.2, 0.25) is 0 Å². The summed E-state index contributed by atoms with van der Waals surface area (Å²) in [5, 5.41) is 18.2. The molecule has 8 heteroatoms. The van der Waals surface area contributed by atoms with Crippen molar-refractivity contribution in [1.82, 2.24) is 5.32 Å². The normalized spacial score (nSPS) is 10.2. The summed E-state index contributed by atoms with van der Waals surface area (Å²) < 4.78 is 21.9. The molecule has 6 nitrogen and oxygen atoms in total. The van der Waals surface area contributed by atoms with E-state index in [-0.39, 0.29) is 10.0 Å². The van der Waals surface area contributed by atoms with Crippen molar-refractivity contribution in [3.05, 3.63) is 24.3 Å². The van der Waals surface area contributed by atoms with E-state index < -0.39 is 10.0 Å². The van der Waals surface area contributed by atoms with E-state index in [1.807, 2.05) is 0 Å². The van der Waals surface area contributed by atoms with Gasteiger partial charge in [0.25, 0.3) is 0 Å². The summed E-state index contributed by atoms with van der Waals surface area (Å²) in [6, 6.07) is 5.66. The lowest BCUT2D eigenvalue weighted by Gasteiger charge is -2.05. The van der Waals surface area contributed by atoms with Crippen LogP contribution < -0.4 is 15.8 Å². The van der Waals surface area contributed by atoms with Gasteiger partial charge >= 0.3 is 0 Å². The molecule has 0 aliphatic heterocycles. The van der Waals surface area contributed by atoms with Gasteiger partial charge in [-0.1, -0.05) is 0 Å². The molecular formula is C8H8N4O2S2. The fourth-order valence-corrected chi connectivity index (χ4v) is 1.62. The Balaban J connectivity index is 2.81. The predicted octanol–water partition coefficient (Wildman–Crippen LogP) is 0.101. The number of nitrogens with one attached hydrogen (secondary N) is 2. The Hall–Kier alpha value is -1.69. The quantitative estimate of drug-likeness (QED) is 0.393. The summed E-state index contributed by atoms with van der Waals surface area (Å²) in [5.74, 6) is 0. The Kier molecular flexibility index (Phi) is 3.78. The second-order valence-corrected chi connectivity index (χ2v) is 4.73. The van der Waals surface area contributed by atoms with Gasteiger partial charge in [-0.15, -0.1) is 0 Å². The van der Waals surface area contributed by atoms with Crippen LogP contribution in [0.5, 0.6) is 0 Å². The molecule has 84 valence electrons. The minimum Gasteiger partial charge on any atom is -0.332 e. The molecular weight excluding hydrogens is 248 g/mol. The van der Waals surface area contributed by atoms with Crippen molar-refractivity contribution in [1.29, 1.82) is 5.26 Å². The molecule has 0 spiro atoms. The number of nitriles is 1. The van der Waals surface area contributed by atoms with Crippen LogP contribution in [0.1, 0.15) is 0 Å². The van der Waals surface area contributed by atoms with Crippen LogP contribution >= 0.6 is 12.2 Å². The second kappa shape index (κ2) is 4.89. The van der Waals surface area contributed by atoms with Crippen LogP contribution in [0.15, 0.2) is 29.2 Å². The number of sulfonamides is 1. The van der Waals surface area contributed by atoms with Crippen molar-refractivity contribution in [3.63, 3.8) is 0 Å². The van der Waals surface area contributed by atoms with Crippen molar-refractivity contribution in [3.8, 4) is 6.19 Å². The molecule has 4 N–H and O–H groups in total. The molecule has 0 unspecified atom stereocenters. The Morgan fingerprint density at radius 1 is 1.38 bits per heavy atom. The van der Waals surface area contributed by atoms with Crippen LogP contribution in [-0.4, -0.2) is 13.5 Å². The van der Waals surface area contributed by atoms with Crippen molar-refractivity contribution in [2.75, 3.05) is 5.32 Å². The van der Waals surface area contributed by atoms with Crippen LogP contribution in [0.4, 0.5) is 5.69 Å². The largest absolute Gasteiger partial charge is 0.332 e. The van der Waals surface area contributed by atoms with E-state index in [0.29, 0.717) is 5.69 Å². The minimum atomic E-state index is -3.69. The van der Waals surface area contributed by atoms with Crippen molar-refractivity contribution in [2.24, 2.45) is 5.14 Å². The lowest BCUT2D eigenvalue weighted by molar-refractivity contribution is 0.598. The number of thiocarbonyl (C=S) groups is 1. The van der Waals surface area contributed by atoms with Crippen LogP contribution in [0.3, 0.4) is 0 Å². The van der Waals surface area contributed by atoms with Gasteiger partial charge in [-0.2, -0.15) is 5.26 Å². The molecule has 0 fully saturated rings. The van der Waals surface area contributed by atoms with Crippen molar-refractivity contribution < 1.29 is 8.42 Å². The first-order valence-corrected chi connectivity index (χ1v) is 5.98. The van der Waals surface area contributed by atoms with Gasteiger partial charge < -0.3 is 5.32 Å². The lowest BCUT2D eigenvalue weighted by atomic mass is 10.3. The number of anilines is 1. The van der Waals surface area contributed by atoms with E-state index >= 15 is 0 Å². The van der Waals surface area contributed by atoms with Gasteiger partial charge in [-0.25, -0.2) is 13.6 Å². The Morgan fingerprint density at radius 3 is 2.38 bits per heavy atom. The zero-order valence-electron chi connectivity index (χ0n) is 7.97. The zero-order valence-corrected chi connectivity index (χ0v) is 9.60. The SMILES string of the molecule is N#CNC(=S)Nc1ccc(S(N)(=O)=O)cc1. The third-order valence-electron chi connectivity index (χ3n) is 1.61. The van der Waals surface area contributed by atoms with E-state index in [9.17, 15) is 8.42 Å². The standard InChI is InChI=1S/C8H8N4O2S2/c9-5-11-8(15)12-6-1-3-7(4-2-6)16(10,13)14/h1-4H,(H2,10,13,14)(H2,11,12,15). The average Bonchev–Trinajstić information content (AvgIpc) is 2.17. The Labute approximate surface area is 98.1 Å². The smallest absolute Gasteiger partial charge is 0.238 e. The number of nitrogens with two attached hydrogens (primary N) is 1. The Morgan fingerprint density at radius 2 is 1.94 bits per heavy atom. The molecule has 0 aliphatic carbocycles. The van der Waals surface area contributed by atoms with Gasteiger partial charge in [0.2, 0.25) is 10.0 Å². The molecule has 1 rings (SSSR count). The fourth-order valence-electron chi connectivity index (χ4n) is 0.941. The highest BCUT2D eigenvalue weighted by molar-refractivity contribution is 7.89. The minimum absolute atomic E-state index is 0.0113.